The van der Waals surface area contributed by atoms with E-state index < -0.39 is 0 Å². The summed E-state index contributed by atoms with van der Waals surface area (Å²) >= 11 is 0. The molecule has 0 aliphatic carbocycles. The Hall–Kier alpha value is -1.62. The van der Waals surface area contributed by atoms with Gasteiger partial charge in [-0.3, -0.25) is 4.79 Å². The van der Waals surface area contributed by atoms with Gasteiger partial charge in [0.25, 0.3) is 5.91 Å². The van der Waals surface area contributed by atoms with Crippen LogP contribution < -0.4 is 10.6 Å². The van der Waals surface area contributed by atoms with Gasteiger partial charge in [-0.25, -0.2) is 4.98 Å². The molecule has 2 heterocycles. The largest absolute Gasteiger partial charge is 0.379 e. The Morgan fingerprint density at radius 3 is 2.86 bits per heavy atom. The first-order valence-electron chi connectivity index (χ1n) is 7.71. The van der Waals surface area contributed by atoms with E-state index >= 15 is 0 Å². The van der Waals surface area contributed by atoms with Crippen LogP contribution in [-0.2, 0) is 11.2 Å². The number of anilines is 1. The van der Waals surface area contributed by atoms with Crippen molar-refractivity contribution in [2.45, 2.75) is 45.6 Å². The van der Waals surface area contributed by atoms with Gasteiger partial charge in [0.2, 0.25) is 0 Å². The molecule has 1 aromatic heterocycles. The number of nitrogens with one attached hydrogen (secondary N) is 2. The lowest BCUT2D eigenvalue weighted by atomic mass is 10.0. The predicted octanol–water partition coefficient (Wildman–Crippen LogP) is 2.37. The molecule has 116 valence electrons. The number of hydrogen-bond acceptors (Lipinski definition) is 4. The molecule has 0 spiro atoms. The van der Waals surface area contributed by atoms with E-state index in [1.54, 1.807) is 0 Å². The molecule has 0 radical (unpaired) electrons. The van der Waals surface area contributed by atoms with Crippen molar-refractivity contribution in [3.63, 3.8) is 0 Å². The lowest BCUT2D eigenvalue weighted by Crippen LogP contribution is -2.46. The highest BCUT2D eigenvalue weighted by Crippen LogP contribution is 2.19. The predicted molar refractivity (Wildman–Crippen MR) is 83.7 cm³/mol. The summed E-state index contributed by atoms with van der Waals surface area (Å²) in [6.45, 7) is 8.22. The van der Waals surface area contributed by atoms with Crippen LogP contribution >= 0.6 is 0 Å². The van der Waals surface area contributed by atoms with E-state index in [1.807, 2.05) is 26.0 Å². The lowest BCUT2D eigenvalue weighted by Gasteiger charge is -2.23. The Balaban J connectivity index is 2.18. The summed E-state index contributed by atoms with van der Waals surface area (Å²) in [5, 5.41) is 6.28. The molecule has 2 rings (SSSR count). The van der Waals surface area contributed by atoms with Gasteiger partial charge in [0, 0.05) is 24.4 Å². The van der Waals surface area contributed by atoms with Crippen LogP contribution in [0.5, 0.6) is 0 Å². The topological polar surface area (TPSA) is 63.2 Å². The summed E-state index contributed by atoms with van der Waals surface area (Å²) < 4.78 is 5.38. The fourth-order valence-corrected chi connectivity index (χ4v) is 2.49. The van der Waals surface area contributed by atoms with Gasteiger partial charge in [0.15, 0.2) is 0 Å². The fraction of sp³-hybridized carbons (Fsp3) is 0.625. The third-order valence-corrected chi connectivity index (χ3v) is 3.64. The molecule has 1 aliphatic heterocycles. The number of rotatable bonds is 6. The van der Waals surface area contributed by atoms with Crippen molar-refractivity contribution in [1.29, 1.82) is 0 Å². The first-order chi connectivity index (χ1) is 10.1. The summed E-state index contributed by atoms with van der Waals surface area (Å²) in [7, 11) is 0. The molecule has 1 aromatic rings. The van der Waals surface area contributed by atoms with Crippen LogP contribution in [0.15, 0.2) is 12.1 Å². The number of amides is 1. The van der Waals surface area contributed by atoms with Crippen molar-refractivity contribution < 1.29 is 9.53 Å². The van der Waals surface area contributed by atoms with Crippen LogP contribution in [0, 0.1) is 0 Å². The van der Waals surface area contributed by atoms with Crippen molar-refractivity contribution in [3.8, 4) is 0 Å². The van der Waals surface area contributed by atoms with E-state index in [9.17, 15) is 4.79 Å². The summed E-state index contributed by atoms with van der Waals surface area (Å²) in [6, 6.07) is 3.70. The van der Waals surface area contributed by atoms with Gasteiger partial charge in [-0.1, -0.05) is 13.3 Å². The Kier molecular flexibility index (Phi) is 5.17. The molecular weight excluding hydrogens is 266 g/mol. The minimum absolute atomic E-state index is 0.0538. The minimum Gasteiger partial charge on any atom is -0.379 e. The van der Waals surface area contributed by atoms with Crippen LogP contribution in [0.25, 0.3) is 0 Å². The van der Waals surface area contributed by atoms with E-state index in [2.05, 4.69) is 22.5 Å². The SMILES string of the molecule is CCCc1cc(C(=O)NC2(C)CCOC2)cc(NCC)n1. The molecule has 21 heavy (non-hydrogen) atoms. The highest BCUT2D eigenvalue weighted by molar-refractivity contribution is 5.95. The maximum Gasteiger partial charge on any atom is 0.251 e. The molecule has 5 heteroatoms. The Labute approximate surface area is 126 Å². The Morgan fingerprint density at radius 1 is 1.43 bits per heavy atom. The molecule has 1 amide bonds. The van der Waals surface area contributed by atoms with Crippen LogP contribution in [0.4, 0.5) is 5.82 Å². The van der Waals surface area contributed by atoms with Crippen molar-refractivity contribution >= 4 is 11.7 Å². The second-order valence-electron chi connectivity index (χ2n) is 5.83. The molecule has 1 saturated heterocycles. The Bertz CT molecular complexity index is 472. The monoisotopic (exact) mass is 291 g/mol. The van der Waals surface area contributed by atoms with E-state index in [0.717, 1.165) is 37.3 Å². The summed E-state index contributed by atoms with van der Waals surface area (Å²) in [5.74, 6) is 0.711. The van der Waals surface area contributed by atoms with Gasteiger partial charge in [-0.05, 0) is 38.8 Å². The second-order valence-corrected chi connectivity index (χ2v) is 5.83. The first-order valence-corrected chi connectivity index (χ1v) is 7.71. The number of aromatic nitrogens is 1. The molecule has 1 fully saturated rings. The highest BCUT2D eigenvalue weighted by atomic mass is 16.5. The van der Waals surface area contributed by atoms with Gasteiger partial charge in [-0.2, -0.15) is 0 Å². The number of ether oxygens (including phenoxy) is 1. The van der Waals surface area contributed by atoms with E-state index in [4.69, 9.17) is 4.74 Å². The second kappa shape index (κ2) is 6.89. The van der Waals surface area contributed by atoms with Crippen LogP contribution in [0.1, 0.15) is 49.7 Å². The molecule has 5 nitrogen and oxygen atoms in total. The molecule has 1 atom stereocenters. The zero-order valence-electron chi connectivity index (χ0n) is 13.2. The average molecular weight is 291 g/mol. The zero-order chi connectivity index (χ0) is 15.3. The lowest BCUT2D eigenvalue weighted by molar-refractivity contribution is 0.0889. The van der Waals surface area contributed by atoms with Crippen LogP contribution in [0.3, 0.4) is 0 Å². The summed E-state index contributed by atoms with van der Waals surface area (Å²) in [6.07, 6.45) is 2.74. The minimum atomic E-state index is -0.260. The Morgan fingerprint density at radius 2 is 2.24 bits per heavy atom. The van der Waals surface area contributed by atoms with Crippen LogP contribution in [0.2, 0.25) is 0 Å². The van der Waals surface area contributed by atoms with Crippen LogP contribution in [-0.4, -0.2) is 36.2 Å². The number of nitrogens with zero attached hydrogens (tertiary/aromatic N) is 1. The number of aryl methyl sites for hydroxylation is 1. The third kappa shape index (κ3) is 4.17. The molecule has 2 N–H and O–H groups in total. The van der Waals surface area contributed by atoms with Gasteiger partial charge < -0.3 is 15.4 Å². The molecule has 1 unspecified atom stereocenters. The molecule has 1 aliphatic rings. The fourth-order valence-electron chi connectivity index (χ4n) is 2.49. The van der Waals surface area contributed by atoms with Crippen molar-refractivity contribution in [2.75, 3.05) is 25.1 Å². The van der Waals surface area contributed by atoms with E-state index in [0.29, 0.717) is 18.8 Å². The summed E-state index contributed by atoms with van der Waals surface area (Å²) in [4.78, 5) is 17.0. The van der Waals surface area contributed by atoms with Gasteiger partial charge in [0.05, 0.1) is 12.1 Å². The molecular formula is C16H25N3O2. The van der Waals surface area contributed by atoms with E-state index in [1.165, 1.54) is 0 Å². The quantitative estimate of drug-likeness (QED) is 0.844. The van der Waals surface area contributed by atoms with Gasteiger partial charge >= 0.3 is 0 Å². The summed E-state index contributed by atoms with van der Waals surface area (Å²) in [5.41, 5.74) is 1.36. The highest BCUT2D eigenvalue weighted by Gasteiger charge is 2.31. The molecule has 0 saturated carbocycles. The zero-order valence-corrected chi connectivity index (χ0v) is 13.2. The average Bonchev–Trinajstić information content (AvgIpc) is 2.85. The van der Waals surface area contributed by atoms with Crippen molar-refractivity contribution in [3.05, 3.63) is 23.4 Å². The maximum atomic E-state index is 12.5. The first kappa shape index (κ1) is 15.8. The number of carbonyl (C=O) groups is 1. The molecule has 0 aromatic carbocycles. The maximum absolute atomic E-state index is 12.5. The number of carbonyl (C=O) groups excluding carboxylic acids is 1. The number of pyridine rings is 1. The van der Waals surface area contributed by atoms with Gasteiger partial charge in [-0.15, -0.1) is 0 Å². The van der Waals surface area contributed by atoms with E-state index in [-0.39, 0.29) is 11.4 Å². The number of hydrogen-bond donors (Lipinski definition) is 2. The normalized spacial score (nSPS) is 21.3. The van der Waals surface area contributed by atoms with Crippen molar-refractivity contribution in [2.24, 2.45) is 0 Å². The smallest absolute Gasteiger partial charge is 0.251 e. The standard InChI is InChI=1S/C16H25N3O2/c1-4-6-13-9-12(10-14(18-13)17-5-2)15(20)19-16(3)7-8-21-11-16/h9-10H,4-8,11H2,1-3H3,(H,17,18)(H,19,20). The molecule has 0 bridgehead atoms. The van der Waals surface area contributed by atoms with Crippen molar-refractivity contribution in [1.82, 2.24) is 10.3 Å². The van der Waals surface area contributed by atoms with Gasteiger partial charge in [0.1, 0.15) is 5.82 Å². The third-order valence-electron chi connectivity index (χ3n) is 3.64.